The number of nitro groups is 1. The third-order valence-corrected chi connectivity index (χ3v) is 5.07. The fraction of sp³-hybridized carbons (Fsp3) is 0.211. The minimum absolute atomic E-state index is 0.0438. The number of nitrogens with zero attached hydrogens (tertiary/aromatic N) is 2. The van der Waals surface area contributed by atoms with Gasteiger partial charge >= 0.3 is 5.97 Å². The predicted molar refractivity (Wildman–Crippen MR) is 106 cm³/mol. The van der Waals surface area contributed by atoms with Crippen LogP contribution in [0.4, 0.5) is 5.69 Å². The number of non-ortho nitro benzene ring substituents is 1. The Kier molecular flexibility index (Phi) is 6.17. The van der Waals surface area contributed by atoms with Crippen LogP contribution in [-0.4, -0.2) is 40.9 Å². The van der Waals surface area contributed by atoms with Gasteiger partial charge in [0.05, 0.1) is 36.6 Å². The summed E-state index contributed by atoms with van der Waals surface area (Å²) in [4.78, 5) is 26.8. The lowest BCUT2D eigenvalue weighted by Crippen LogP contribution is -2.24. The number of methoxy groups -OCH3 is 2. The lowest BCUT2D eigenvalue weighted by atomic mass is 10.2. The van der Waals surface area contributed by atoms with E-state index in [9.17, 15) is 14.9 Å². The number of benzene rings is 2. The minimum atomic E-state index is -0.404. The molecule has 0 unspecified atom stereocenters. The number of carbonyl (C=O) groups excluding carboxylic acids is 1. The maximum atomic E-state index is 11.8. The lowest BCUT2D eigenvalue weighted by Gasteiger charge is -2.19. The lowest BCUT2D eigenvalue weighted by molar-refractivity contribution is -0.383. The highest BCUT2D eigenvalue weighted by Gasteiger charge is 2.18. The van der Waals surface area contributed by atoms with Crippen molar-refractivity contribution in [2.75, 3.05) is 20.8 Å². The number of nitrogens with one attached hydrogen (secondary N) is 1. The fourth-order valence-corrected chi connectivity index (χ4v) is 3.68. The summed E-state index contributed by atoms with van der Waals surface area (Å²) >= 11 is 1.39. The van der Waals surface area contributed by atoms with Crippen molar-refractivity contribution in [2.24, 2.45) is 0 Å². The molecule has 0 atom stereocenters. The van der Waals surface area contributed by atoms with Gasteiger partial charge in [0, 0.05) is 16.7 Å². The highest BCUT2D eigenvalue weighted by atomic mass is 32.2. The van der Waals surface area contributed by atoms with Crippen LogP contribution in [0.3, 0.4) is 0 Å². The molecule has 3 aromatic rings. The molecule has 0 fully saturated rings. The van der Waals surface area contributed by atoms with Crippen LogP contribution in [0.15, 0.2) is 53.4 Å². The third-order valence-electron chi connectivity index (χ3n) is 4.07. The van der Waals surface area contributed by atoms with Crippen molar-refractivity contribution in [1.29, 1.82) is 0 Å². The Bertz CT molecular complexity index is 987. The van der Waals surface area contributed by atoms with Crippen LogP contribution in [0.2, 0.25) is 0 Å². The molecular weight excluding hydrogens is 382 g/mol. The van der Waals surface area contributed by atoms with Crippen LogP contribution in [0.5, 0.6) is 5.75 Å². The average molecular weight is 401 g/mol. The number of aromatic amines is 1. The second kappa shape index (κ2) is 8.77. The quantitative estimate of drug-likeness (QED) is 0.266. The first-order chi connectivity index (χ1) is 13.5. The monoisotopic (exact) mass is 401 g/mol. The Morgan fingerprint density at radius 1 is 1.21 bits per heavy atom. The summed E-state index contributed by atoms with van der Waals surface area (Å²) in [6.45, 7) is 0.433. The summed E-state index contributed by atoms with van der Waals surface area (Å²) in [6.07, 6.45) is 0. The zero-order chi connectivity index (χ0) is 20.1. The number of hydrogen-bond acceptors (Lipinski definition) is 7. The second-order valence-corrected chi connectivity index (χ2v) is 7.10. The van der Waals surface area contributed by atoms with E-state index in [-0.39, 0.29) is 18.2 Å². The molecule has 0 radical (unpaired) electrons. The molecule has 0 saturated carbocycles. The van der Waals surface area contributed by atoms with E-state index in [1.54, 1.807) is 25.3 Å². The molecule has 0 aliphatic rings. The molecule has 1 N–H and O–H groups in total. The smallest absolute Gasteiger partial charge is 0.320 e. The zero-order valence-corrected chi connectivity index (χ0v) is 16.2. The molecule has 146 valence electrons. The standard InChI is InChI=1S/C19H19N3O5S/c1-26-14-6-8-15(9-7-14)28-21(12-19(23)27-2)11-13-10-16-17(20-13)4-3-5-18(16)22(24)25/h3-10,20H,11-12H2,1-2H3. The molecule has 0 aliphatic heterocycles. The SMILES string of the molecule is COC(=O)CN(Cc1cc2c([N+](=O)[O-])cccc2[nH]1)Sc1ccc(OC)cc1. The molecule has 0 saturated heterocycles. The fourth-order valence-electron chi connectivity index (χ4n) is 2.75. The first-order valence-electron chi connectivity index (χ1n) is 8.39. The van der Waals surface area contributed by atoms with Crippen molar-refractivity contribution >= 4 is 34.5 Å². The van der Waals surface area contributed by atoms with Crippen LogP contribution in [0.25, 0.3) is 10.9 Å². The van der Waals surface area contributed by atoms with Crippen molar-refractivity contribution in [3.63, 3.8) is 0 Å². The zero-order valence-electron chi connectivity index (χ0n) is 15.4. The number of esters is 1. The van der Waals surface area contributed by atoms with Gasteiger partial charge in [0.2, 0.25) is 0 Å². The molecule has 1 heterocycles. The van der Waals surface area contributed by atoms with Crippen molar-refractivity contribution in [3.05, 3.63) is 64.3 Å². The Hall–Kier alpha value is -3.04. The first-order valence-corrected chi connectivity index (χ1v) is 9.16. The molecule has 1 aromatic heterocycles. The van der Waals surface area contributed by atoms with Gasteiger partial charge in [-0.15, -0.1) is 0 Å². The van der Waals surface area contributed by atoms with Gasteiger partial charge in [-0.1, -0.05) is 6.07 Å². The van der Waals surface area contributed by atoms with Crippen LogP contribution in [0.1, 0.15) is 5.69 Å². The van der Waals surface area contributed by atoms with Crippen LogP contribution >= 0.6 is 11.9 Å². The molecule has 9 heteroatoms. The van der Waals surface area contributed by atoms with E-state index < -0.39 is 4.92 Å². The number of H-pyrrole nitrogens is 1. The van der Waals surface area contributed by atoms with Gasteiger partial charge in [-0.2, -0.15) is 0 Å². The normalized spacial score (nSPS) is 11.0. The van der Waals surface area contributed by atoms with Crippen LogP contribution < -0.4 is 4.74 Å². The van der Waals surface area contributed by atoms with E-state index in [2.05, 4.69) is 4.98 Å². The van der Waals surface area contributed by atoms with Crippen molar-refractivity contribution in [3.8, 4) is 5.75 Å². The highest BCUT2D eigenvalue weighted by Crippen LogP contribution is 2.29. The van der Waals surface area contributed by atoms with E-state index in [0.29, 0.717) is 17.4 Å². The molecule has 3 rings (SSSR count). The van der Waals surface area contributed by atoms with E-state index in [0.717, 1.165) is 16.3 Å². The van der Waals surface area contributed by atoms with Gasteiger partial charge in [0.25, 0.3) is 5.69 Å². The van der Waals surface area contributed by atoms with Crippen molar-refractivity contribution in [1.82, 2.24) is 9.29 Å². The number of ether oxygens (including phenoxy) is 2. The Morgan fingerprint density at radius 3 is 2.61 bits per heavy atom. The van der Waals surface area contributed by atoms with Gasteiger partial charge in [0.1, 0.15) is 12.3 Å². The predicted octanol–water partition coefficient (Wildman–Crippen LogP) is 3.77. The second-order valence-electron chi connectivity index (χ2n) is 5.93. The summed E-state index contributed by atoms with van der Waals surface area (Å²) in [5.41, 5.74) is 1.48. The molecule has 0 aliphatic carbocycles. The number of fused-ring (bicyclic) bond motifs is 1. The third kappa shape index (κ3) is 4.62. The largest absolute Gasteiger partial charge is 0.497 e. The summed E-state index contributed by atoms with van der Waals surface area (Å²) in [5.74, 6) is 0.370. The van der Waals surface area contributed by atoms with Gasteiger partial charge in [-0.25, -0.2) is 4.31 Å². The van der Waals surface area contributed by atoms with E-state index >= 15 is 0 Å². The molecule has 2 aromatic carbocycles. The maximum Gasteiger partial charge on any atom is 0.320 e. The summed E-state index contributed by atoms with van der Waals surface area (Å²) < 4.78 is 11.8. The van der Waals surface area contributed by atoms with Crippen molar-refractivity contribution in [2.45, 2.75) is 11.4 Å². The average Bonchev–Trinajstić information content (AvgIpc) is 3.10. The Morgan fingerprint density at radius 2 is 1.96 bits per heavy atom. The van der Waals surface area contributed by atoms with Gasteiger partial charge in [0.15, 0.2) is 0 Å². The molecule has 0 bridgehead atoms. The molecule has 28 heavy (non-hydrogen) atoms. The number of hydrogen-bond donors (Lipinski definition) is 1. The molecular formula is C19H19N3O5S. The highest BCUT2D eigenvalue weighted by molar-refractivity contribution is 7.97. The number of nitro benzene ring substituents is 1. The van der Waals surface area contributed by atoms with E-state index in [4.69, 9.17) is 9.47 Å². The van der Waals surface area contributed by atoms with Gasteiger partial charge in [-0.3, -0.25) is 14.9 Å². The summed E-state index contributed by atoms with van der Waals surface area (Å²) in [6, 6.07) is 14.1. The van der Waals surface area contributed by atoms with Crippen LogP contribution in [-0.2, 0) is 16.1 Å². The molecule has 0 spiro atoms. The van der Waals surface area contributed by atoms with Gasteiger partial charge < -0.3 is 14.5 Å². The topological polar surface area (TPSA) is 97.7 Å². The first kappa shape index (κ1) is 19.7. The summed E-state index contributed by atoms with van der Waals surface area (Å²) in [7, 11) is 2.94. The Labute approximate surface area is 165 Å². The van der Waals surface area contributed by atoms with Crippen molar-refractivity contribution < 1.29 is 19.2 Å². The number of carbonyl (C=O) groups is 1. The number of aromatic nitrogens is 1. The molecule has 0 amide bonds. The van der Waals surface area contributed by atoms with E-state index in [1.807, 2.05) is 28.6 Å². The summed E-state index contributed by atoms with van der Waals surface area (Å²) in [5, 5.41) is 11.8. The number of rotatable bonds is 8. The minimum Gasteiger partial charge on any atom is -0.497 e. The molecule has 8 nitrogen and oxygen atoms in total. The van der Waals surface area contributed by atoms with Crippen LogP contribution in [0, 0.1) is 10.1 Å². The van der Waals surface area contributed by atoms with Gasteiger partial charge in [-0.05, 0) is 48.3 Å². The van der Waals surface area contributed by atoms with E-state index in [1.165, 1.54) is 25.1 Å². The maximum absolute atomic E-state index is 11.8. The Balaban J connectivity index is 1.84.